The number of allylic oxidation sites excluding steroid dienone is 2. The van der Waals surface area contributed by atoms with Crippen LogP contribution in [0.3, 0.4) is 0 Å². The lowest BCUT2D eigenvalue weighted by molar-refractivity contribution is 1.18. The van der Waals surface area contributed by atoms with Crippen molar-refractivity contribution in [3.8, 4) is 0 Å². The van der Waals surface area contributed by atoms with Gasteiger partial charge in [-0.15, -0.1) is 0 Å². The van der Waals surface area contributed by atoms with Gasteiger partial charge in [0.2, 0.25) is 7.41 Å². The Bertz CT molecular complexity index is 410. The van der Waals surface area contributed by atoms with Crippen LogP contribution >= 0.6 is 0 Å². The van der Waals surface area contributed by atoms with Gasteiger partial charge in [0, 0.05) is 11.4 Å². The normalized spacial score (nSPS) is 10.2. The maximum absolute atomic E-state index is 3.80. The Hall–Kier alpha value is -1.70. The van der Waals surface area contributed by atoms with E-state index in [-0.39, 0.29) is 0 Å². The highest BCUT2D eigenvalue weighted by molar-refractivity contribution is 6.32. The molecule has 1 radical (unpaired) electrons. The van der Waals surface area contributed by atoms with Gasteiger partial charge in [0.15, 0.2) is 0 Å². The third kappa shape index (κ3) is 2.21. The average molecular weight is 196 g/mol. The molecule has 1 heterocycles. The third-order valence-electron chi connectivity index (χ3n) is 2.21. The van der Waals surface area contributed by atoms with Crippen molar-refractivity contribution < 1.29 is 0 Å². The lowest BCUT2D eigenvalue weighted by atomic mass is 9.98. The van der Waals surface area contributed by atoms with E-state index in [1.54, 1.807) is 6.08 Å². The summed E-state index contributed by atoms with van der Waals surface area (Å²) in [5, 5.41) is 0. The highest BCUT2D eigenvalue weighted by Gasteiger charge is 2.07. The Morgan fingerprint density at radius 2 is 2.00 bits per heavy atom. The average Bonchev–Trinajstić information content (AvgIpc) is 2.62. The molecule has 0 unspecified atom stereocenters. The van der Waals surface area contributed by atoms with Crippen molar-refractivity contribution in [2.24, 2.45) is 0 Å². The predicted molar refractivity (Wildman–Crippen MR) is 70.9 cm³/mol. The minimum atomic E-state index is 1.07. The molecule has 1 aromatic heterocycles. The van der Waals surface area contributed by atoms with Gasteiger partial charge in [-0.05, 0) is 23.8 Å². The molecule has 1 rings (SSSR count). The van der Waals surface area contributed by atoms with Gasteiger partial charge in [0.05, 0.1) is 0 Å². The summed E-state index contributed by atoms with van der Waals surface area (Å²) in [5.74, 6) is 0. The van der Waals surface area contributed by atoms with E-state index < -0.39 is 0 Å². The van der Waals surface area contributed by atoms with E-state index in [2.05, 4.69) is 30.3 Å². The zero-order valence-electron chi connectivity index (χ0n) is 9.11. The van der Waals surface area contributed by atoms with Crippen molar-refractivity contribution in [3.63, 3.8) is 0 Å². The Morgan fingerprint density at radius 1 is 1.27 bits per heavy atom. The van der Waals surface area contributed by atoms with Crippen LogP contribution < -0.4 is 0 Å². The molecule has 0 saturated heterocycles. The molecule has 75 valence electrons. The van der Waals surface area contributed by atoms with Gasteiger partial charge in [-0.2, -0.15) is 0 Å². The van der Waals surface area contributed by atoms with Crippen molar-refractivity contribution in [2.75, 3.05) is 0 Å². The summed E-state index contributed by atoms with van der Waals surface area (Å²) in [5.41, 5.74) is 3.26. The fraction of sp³-hybridized carbons (Fsp3) is 0.0769. The highest BCUT2D eigenvalue weighted by atomic mass is 14.9. The van der Waals surface area contributed by atoms with Crippen molar-refractivity contribution in [2.45, 2.75) is 6.82 Å². The summed E-state index contributed by atoms with van der Waals surface area (Å²) < 4.78 is 2.07. The van der Waals surface area contributed by atoms with Gasteiger partial charge in [-0.3, -0.25) is 0 Å². The molecule has 0 N–H and O–H groups in total. The molecule has 0 amide bonds. The SMILES string of the molecule is C=C/C=C\c1c(C=C)cc(C=C)n1[B]C. The predicted octanol–water partition coefficient (Wildman–Crippen LogP) is 3.49. The van der Waals surface area contributed by atoms with Crippen LogP contribution in [0.2, 0.25) is 6.82 Å². The Morgan fingerprint density at radius 3 is 2.47 bits per heavy atom. The van der Waals surface area contributed by atoms with Crippen molar-refractivity contribution in [1.82, 2.24) is 4.48 Å². The Kier molecular flexibility index (Phi) is 3.98. The van der Waals surface area contributed by atoms with Gasteiger partial charge >= 0.3 is 0 Å². The standard InChI is InChI=1S/C13H15BN/c1-5-8-9-13-11(6-2)10-12(7-3)15(13)14-4/h5-10H,1-3H2,4H3/b9-8-. The molecule has 0 aliphatic carbocycles. The van der Waals surface area contributed by atoms with Crippen molar-refractivity contribution in [3.05, 3.63) is 54.9 Å². The van der Waals surface area contributed by atoms with E-state index in [4.69, 9.17) is 0 Å². The number of hydrogen-bond acceptors (Lipinski definition) is 0. The van der Waals surface area contributed by atoms with E-state index in [1.807, 2.05) is 38.5 Å². The number of aromatic nitrogens is 1. The van der Waals surface area contributed by atoms with Crippen LogP contribution in [0, 0.1) is 0 Å². The molecular weight excluding hydrogens is 181 g/mol. The second-order valence-corrected chi connectivity index (χ2v) is 3.04. The maximum atomic E-state index is 3.80. The molecule has 0 saturated carbocycles. The van der Waals surface area contributed by atoms with Crippen molar-refractivity contribution in [1.29, 1.82) is 0 Å². The first-order valence-electron chi connectivity index (χ1n) is 4.87. The lowest BCUT2D eigenvalue weighted by Gasteiger charge is -2.05. The number of hydrogen-bond donors (Lipinski definition) is 0. The maximum Gasteiger partial charge on any atom is 0.249 e. The molecule has 1 nitrogen and oxygen atoms in total. The molecule has 0 atom stereocenters. The molecule has 0 aliphatic rings. The summed E-state index contributed by atoms with van der Waals surface area (Å²) in [6.07, 6.45) is 9.35. The first kappa shape index (κ1) is 11.4. The molecule has 0 fully saturated rings. The number of nitrogens with zero attached hydrogens (tertiary/aromatic N) is 1. The van der Waals surface area contributed by atoms with Gasteiger partial charge in [0.25, 0.3) is 0 Å². The van der Waals surface area contributed by atoms with Crippen LogP contribution in [0.25, 0.3) is 18.2 Å². The van der Waals surface area contributed by atoms with E-state index in [1.165, 1.54) is 0 Å². The van der Waals surface area contributed by atoms with Gasteiger partial charge in [0.1, 0.15) is 0 Å². The highest BCUT2D eigenvalue weighted by Crippen LogP contribution is 2.19. The van der Waals surface area contributed by atoms with E-state index in [0.29, 0.717) is 0 Å². The van der Waals surface area contributed by atoms with Crippen molar-refractivity contribution >= 4 is 25.6 Å². The van der Waals surface area contributed by atoms with Crippen LogP contribution in [0.15, 0.2) is 38.0 Å². The zero-order chi connectivity index (χ0) is 11.3. The van der Waals surface area contributed by atoms with Gasteiger partial charge < -0.3 is 4.48 Å². The summed E-state index contributed by atoms with van der Waals surface area (Å²) in [4.78, 5) is 0. The molecule has 15 heavy (non-hydrogen) atoms. The monoisotopic (exact) mass is 196 g/mol. The van der Waals surface area contributed by atoms with Gasteiger partial charge in [-0.1, -0.05) is 44.8 Å². The minimum Gasteiger partial charge on any atom is -0.391 e. The fourth-order valence-corrected chi connectivity index (χ4v) is 1.53. The second kappa shape index (κ2) is 5.25. The zero-order valence-corrected chi connectivity index (χ0v) is 9.11. The smallest absolute Gasteiger partial charge is 0.249 e. The molecular formula is C13H15BN. The Labute approximate surface area is 92.4 Å². The summed E-state index contributed by atoms with van der Waals surface area (Å²) >= 11 is 0. The van der Waals surface area contributed by atoms with Crippen LogP contribution in [0.5, 0.6) is 0 Å². The molecule has 1 aromatic rings. The molecule has 0 aliphatic heterocycles. The number of rotatable bonds is 5. The minimum absolute atomic E-state index is 1.07. The topological polar surface area (TPSA) is 4.93 Å². The first-order valence-corrected chi connectivity index (χ1v) is 4.87. The second-order valence-electron chi connectivity index (χ2n) is 3.04. The molecule has 0 spiro atoms. The van der Waals surface area contributed by atoms with Crippen LogP contribution in [-0.2, 0) is 0 Å². The lowest BCUT2D eigenvalue weighted by Crippen LogP contribution is -2.05. The molecule has 0 bridgehead atoms. The first-order chi connectivity index (χ1) is 7.28. The van der Waals surface area contributed by atoms with Gasteiger partial charge in [-0.25, -0.2) is 0 Å². The van der Waals surface area contributed by atoms with E-state index >= 15 is 0 Å². The summed E-state index contributed by atoms with van der Waals surface area (Å²) in [7, 11) is 2.01. The van der Waals surface area contributed by atoms with Crippen LogP contribution in [-0.4, -0.2) is 11.9 Å². The van der Waals surface area contributed by atoms with Crippen LogP contribution in [0.1, 0.15) is 17.0 Å². The summed E-state index contributed by atoms with van der Waals surface area (Å²) in [6.45, 7) is 13.2. The Balaban J connectivity index is 3.35. The van der Waals surface area contributed by atoms with E-state index in [0.717, 1.165) is 17.0 Å². The molecule has 2 heteroatoms. The molecule has 0 aromatic carbocycles. The quantitative estimate of drug-likeness (QED) is 0.501. The largest absolute Gasteiger partial charge is 0.391 e. The van der Waals surface area contributed by atoms with E-state index in [9.17, 15) is 0 Å². The fourth-order valence-electron chi connectivity index (χ4n) is 1.53. The van der Waals surface area contributed by atoms with Crippen LogP contribution in [0.4, 0.5) is 0 Å². The summed E-state index contributed by atoms with van der Waals surface area (Å²) in [6, 6.07) is 2.06. The third-order valence-corrected chi connectivity index (χ3v) is 2.21.